The number of amides is 1. The predicted octanol–water partition coefficient (Wildman–Crippen LogP) is 6.76. The number of rotatable bonds is 3. The van der Waals surface area contributed by atoms with Crippen molar-refractivity contribution >= 4 is 11.6 Å². The van der Waals surface area contributed by atoms with Gasteiger partial charge in [-0.05, 0) is 73.6 Å². The van der Waals surface area contributed by atoms with E-state index < -0.39 is 17.5 Å². The molecule has 1 aliphatic carbocycles. The molecule has 0 spiro atoms. The third-order valence-electron chi connectivity index (χ3n) is 4.17. The Labute approximate surface area is 155 Å². The molecule has 0 aliphatic heterocycles. The van der Waals surface area contributed by atoms with Crippen LogP contribution >= 0.6 is 0 Å². The summed E-state index contributed by atoms with van der Waals surface area (Å²) in [6.45, 7) is 11.6. The maximum Gasteiger partial charge on any atom is 0.258 e. The van der Waals surface area contributed by atoms with Crippen molar-refractivity contribution in [1.29, 1.82) is 0 Å². The molecule has 4 heteroatoms. The van der Waals surface area contributed by atoms with Gasteiger partial charge in [-0.2, -0.15) is 0 Å². The number of carbonyl (C=O) groups excluding carboxylic acids is 1. The minimum atomic E-state index is -0.562. The summed E-state index contributed by atoms with van der Waals surface area (Å²) in [4.78, 5) is 12.2. The van der Waals surface area contributed by atoms with Crippen molar-refractivity contribution in [2.24, 2.45) is 0 Å². The summed E-state index contributed by atoms with van der Waals surface area (Å²) in [5.74, 6) is -1.09. The first-order valence-electron chi connectivity index (χ1n) is 9.33. The molecule has 3 rings (SSSR count). The van der Waals surface area contributed by atoms with E-state index in [2.05, 4.69) is 5.32 Å². The molecule has 1 aliphatic rings. The fourth-order valence-electron chi connectivity index (χ4n) is 2.52. The highest BCUT2D eigenvalue weighted by molar-refractivity contribution is 6.05. The van der Waals surface area contributed by atoms with Crippen LogP contribution in [-0.2, 0) is 0 Å². The molecule has 0 unspecified atom stereocenters. The molecule has 0 atom stereocenters. The molecule has 1 saturated carbocycles. The van der Waals surface area contributed by atoms with Crippen molar-refractivity contribution in [1.82, 2.24) is 0 Å². The maximum absolute atomic E-state index is 14.1. The molecule has 2 nitrogen and oxygen atoms in total. The van der Waals surface area contributed by atoms with Crippen molar-refractivity contribution in [3.8, 4) is 0 Å². The molecule has 2 aromatic carbocycles. The molecule has 0 radical (unpaired) electrons. The van der Waals surface area contributed by atoms with Gasteiger partial charge in [0.25, 0.3) is 5.91 Å². The molecule has 1 fully saturated rings. The van der Waals surface area contributed by atoms with E-state index in [-0.39, 0.29) is 5.56 Å². The zero-order valence-electron chi connectivity index (χ0n) is 16.5. The van der Waals surface area contributed by atoms with Crippen molar-refractivity contribution in [2.45, 2.75) is 60.3 Å². The normalized spacial score (nSPS) is 12.3. The van der Waals surface area contributed by atoms with Gasteiger partial charge in [0.1, 0.15) is 11.6 Å². The van der Waals surface area contributed by atoms with Crippen molar-refractivity contribution in [3.05, 3.63) is 64.2 Å². The molecule has 0 bridgehead atoms. The lowest BCUT2D eigenvalue weighted by Crippen LogP contribution is -2.15. The summed E-state index contributed by atoms with van der Waals surface area (Å²) in [7, 11) is 0. The standard InChI is InChI=1S/C18H17F2NO.2C2H6/c1-10-7-14(19)9-17(11(10)2)21-18(22)15-6-5-13(8-16(15)20)12-3-4-12;2*1-2/h5-9,12H,3-4H2,1-2H3,(H,21,22);2*1-2H3. The van der Waals surface area contributed by atoms with E-state index in [1.807, 2.05) is 27.7 Å². The summed E-state index contributed by atoms with van der Waals surface area (Å²) in [6, 6.07) is 7.36. The molecule has 26 heavy (non-hydrogen) atoms. The topological polar surface area (TPSA) is 29.1 Å². The second-order valence-corrected chi connectivity index (χ2v) is 5.86. The summed E-state index contributed by atoms with van der Waals surface area (Å²) in [5, 5.41) is 2.59. The van der Waals surface area contributed by atoms with Gasteiger partial charge in [-0.3, -0.25) is 4.79 Å². The average Bonchev–Trinajstić information content (AvgIpc) is 3.47. The quantitative estimate of drug-likeness (QED) is 0.642. The van der Waals surface area contributed by atoms with E-state index in [1.165, 1.54) is 24.3 Å². The van der Waals surface area contributed by atoms with Crippen LogP contribution in [0.4, 0.5) is 14.5 Å². The van der Waals surface area contributed by atoms with Crippen LogP contribution < -0.4 is 5.32 Å². The van der Waals surface area contributed by atoms with Gasteiger partial charge in [0.2, 0.25) is 0 Å². The van der Waals surface area contributed by atoms with Crippen LogP contribution in [0.3, 0.4) is 0 Å². The number of benzene rings is 2. The lowest BCUT2D eigenvalue weighted by atomic mass is 10.1. The fourth-order valence-corrected chi connectivity index (χ4v) is 2.52. The minimum Gasteiger partial charge on any atom is -0.322 e. The minimum absolute atomic E-state index is 0.0225. The van der Waals surface area contributed by atoms with Crippen molar-refractivity contribution in [3.63, 3.8) is 0 Å². The molecule has 1 amide bonds. The maximum atomic E-state index is 14.1. The lowest BCUT2D eigenvalue weighted by Gasteiger charge is -2.12. The third-order valence-corrected chi connectivity index (χ3v) is 4.17. The summed E-state index contributed by atoms with van der Waals surface area (Å²) >= 11 is 0. The highest BCUT2D eigenvalue weighted by Crippen LogP contribution is 2.40. The monoisotopic (exact) mass is 361 g/mol. The van der Waals surface area contributed by atoms with E-state index >= 15 is 0 Å². The summed E-state index contributed by atoms with van der Waals surface area (Å²) in [6.07, 6.45) is 2.15. The van der Waals surface area contributed by atoms with Gasteiger partial charge in [-0.25, -0.2) is 8.78 Å². The molecule has 2 aromatic rings. The highest BCUT2D eigenvalue weighted by Gasteiger charge is 2.25. The first-order valence-corrected chi connectivity index (χ1v) is 9.33. The van der Waals surface area contributed by atoms with Crippen LogP contribution in [0.15, 0.2) is 30.3 Å². The molecule has 1 N–H and O–H groups in total. The first-order chi connectivity index (χ1) is 12.5. The Morgan fingerprint density at radius 1 is 1.00 bits per heavy atom. The second kappa shape index (κ2) is 10.0. The van der Waals surface area contributed by atoms with Crippen LogP contribution in [0.1, 0.15) is 73.5 Å². The smallest absolute Gasteiger partial charge is 0.258 e. The van der Waals surface area contributed by atoms with Gasteiger partial charge in [-0.1, -0.05) is 33.8 Å². The van der Waals surface area contributed by atoms with Crippen molar-refractivity contribution < 1.29 is 13.6 Å². The highest BCUT2D eigenvalue weighted by atomic mass is 19.1. The predicted molar refractivity (Wildman–Crippen MR) is 105 cm³/mol. The van der Waals surface area contributed by atoms with Crippen LogP contribution in [0, 0.1) is 25.5 Å². The number of anilines is 1. The van der Waals surface area contributed by atoms with Gasteiger partial charge in [0.05, 0.1) is 5.56 Å². The first kappa shape index (κ1) is 21.8. The van der Waals surface area contributed by atoms with Crippen molar-refractivity contribution in [2.75, 3.05) is 5.32 Å². The number of hydrogen-bond acceptors (Lipinski definition) is 1. The molecule has 0 aromatic heterocycles. The zero-order valence-corrected chi connectivity index (χ0v) is 16.5. The van der Waals surface area contributed by atoms with E-state index in [9.17, 15) is 13.6 Å². The van der Waals surface area contributed by atoms with Gasteiger partial charge in [-0.15, -0.1) is 0 Å². The van der Waals surface area contributed by atoms with E-state index in [1.54, 1.807) is 19.9 Å². The number of nitrogens with one attached hydrogen (secondary N) is 1. The summed E-state index contributed by atoms with van der Waals surface area (Å²) < 4.78 is 27.6. The number of carbonyl (C=O) groups is 1. The van der Waals surface area contributed by atoms with E-state index in [0.29, 0.717) is 11.6 Å². The Bertz CT molecular complexity index is 752. The lowest BCUT2D eigenvalue weighted by molar-refractivity contribution is 0.102. The van der Waals surface area contributed by atoms with Gasteiger partial charge < -0.3 is 5.32 Å². The number of halogens is 2. The number of aryl methyl sites for hydroxylation is 1. The fraction of sp³-hybridized carbons (Fsp3) is 0.409. The Kier molecular flexibility index (Phi) is 8.43. The van der Waals surface area contributed by atoms with E-state index in [4.69, 9.17) is 0 Å². The third kappa shape index (κ3) is 5.38. The van der Waals surface area contributed by atoms with Crippen LogP contribution in [0.25, 0.3) is 0 Å². The molecular weight excluding hydrogens is 332 g/mol. The van der Waals surface area contributed by atoms with Crippen LogP contribution in [0.2, 0.25) is 0 Å². The Hall–Kier alpha value is -2.23. The van der Waals surface area contributed by atoms with Crippen LogP contribution in [0.5, 0.6) is 0 Å². The Balaban J connectivity index is 0.000000791. The average molecular weight is 361 g/mol. The van der Waals surface area contributed by atoms with E-state index in [0.717, 1.165) is 29.5 Å². The largest absolute Gasteiger partial charge is 0.322 e. The van der Waals surface area contributed by atoms with Gasteiger partial charge in [0, 0.05) is 5.69 Å². The molecular formula is C22H29F2NO. The number of hydrogen-bond donors (Lipinski definition) is 1. The Morgan fingerprint density at radius 3 is 2.15 bits per heavy atom. The summed E-state index contributed by atoms with van der Waals surface area (Å²) in [5.41, 5.74) is 2.79. The molecule has 0 saturated heterocycles. The molecule has 142 valence electrons. The molecule has 0 heterocycles. The van der Waals surface area contributed by atoms with Crippen LogP contribution in [-0.4, -0.2) is 5.91 Å². The van der Waals surface area contributed by atoms with Gasteiger partial charge >= 0.3 is 0 Å². The Morgan fingerprint density at radius 2 is 1.62 bits per heavy atom. The van der Waals surface area contributed by atoms with Gasteiger partial charge in [0.15, 0.2) is 0 Å². The second-order valence-electron chi connectivity index (χ2n) is 5.86. The SMILES string of the molecule is CC.CC.Cc1cc(F)cc(NC(=O)c2ccc(C3CC3)cc2F)c1C. The zero-order chi connectivity index (χ0) is 19.9.